The number of hydrogen-bond acceptors (Lipinski definition) is 4. The van der Waals surface area contributed by atoms with Gasteiger partial charge in [-0.3, -0.25) is 4.90 Å². The first-order valence-electron chi connectivity index (χ1n) is 7.78. The van der Waals surface area contributed by atoms with Gasteiger partial charge in [0.05, 0.1) is 25.5 Å². The van der Waals surface area contributed by atoms with E-state index in [1.54, 1.807) is 0 Å². The Labute approximate surface area is 122 Å². The van der Waals surface area contributed by atoms with Crippen molar-refractivity contribution >= 4 is 0 Å². The highest BCUT2D eigenvalue weighted by molar-refractivity contribution is 5.12. The van der Waals surface area contributed by atoms with E-state index in [4.69, 9.17) is 9.15 Å². The van der Waals surface area contributed by atoms with Crippen molar-refractivity contribution in [2.45, 2.75) is 46.4 Å². The molecule has 20 heavy (non-hydrogen) atoms. The fourth-order valence-corrected chi connectivity index (χ4v) is 2.50. The van der Waals surface area contributed by atoms with Gasteiger partial charge in [-0.05, 0) is 24.9 Å². The number of ether oxygens (including phenoxy) is 1. The highest BCUT2D eigenvalue weighted by atomic mass is 16.5. The maximum absolute atomic E-state index is 5.69. The molecule has 1 unspecified atom stereocenters. The summed E-state index contributed by atoms with van der Waals surface area (Å²) in [5, 5.41) is 3.44. The zero-order chi connectivity index (χ0) is 14.4. The van der Waals surface area contributed by atoms with Crippen LogP contribution >= 0.6 is 0 Å². The van der Waals surface area contributed by atoms with Crippen LogP contribution in [0.1, 0.15) is 38.5 Å². The average molecular weight is 280 g/mol. The second-order valence-electron chi connectivity index (χ2n) is 6.08. The molecule has 1 atom stereocenters. The van der Waals surface area contributed by atoms with Gasteiger partial charge in [-0.1, -0.05) is 20.8 Å². The van der Waals surface area contributed by atoms with E-state index in [2.05, 4.69) is 37.1 Å². The van der Waals surface area contributed by atoms with Crippen molar-refractivity contribution in [3.05, 3.63) is 23.7 Å². The van der Waals surface area contributed by atoms with E-state index in [0.717, 1.165) is 51.5 Å². The van der Waals surface area contributed by atoms with E-state index < -0.39 is 0 Å². The van der Waals surface area contributed by atoms with Gasteiger partial charge in [-0.2, -0.15) is 0 Å². The van der Waals surface area contributed by atoms with Crippen LogP contribution in [-0.2, 0) is 17.8 Å². The molecule has 1 saturated heterocycles. The van der Waals surface area contributed by atoms with E-state index in [1.165, 1.54) is 5.56 Å². The number of nitrogens with one attached hydrogen (secondary N) is 1. The average Bonchev–Trinajstić information content (AvgIpc) is 2.86. The molecule has 4 heteroatoms. The van der Waals surface area contributed by atoms with Gasteiger partial charge in [0.2, 0.25) is 0 Å². The quantitative estimate of drug-likeness (QED) is 0.833. The third-order valence-corrected chi connectivity index (χ3v) is 3.65. The first-order chi connectivity index (χ1) is 9.67. The zero-order valence-corrected chi connectivity index (χ0v) is 13.0. The summed E-state index contributed by atoms with van der Waals surface area (Å²) in [4.78, 5) is 2.42. The van der Waals surface area contributed by atoms with Crippen molar-refractivity contribution in [1.29, 1.82) is 0 Å². The largest absolute Gasteiger partial charge is 0.468 e. The van der Waals surface area contributed by atoms with E-state index in [9.17, 15) is 0 Å². The van der Waals surface area contributed by atoms with Crippen LogP contribution in [0.5, 0.6) is 0 Å². The molecule has 0 radical (unpaired) electrons. The van der Waals surface area contributed by atoms with E-state index in [0.29, 0.717) is 12.0 Å². The molecule has 4 nitrogen and oxygen atoms in total. The molecule has 0 aromatic carbocycles. The lowest BCUT2D eigenvalue weighted by atomic mass is 10.2. The molecule has 1 aliphatic rings. The molecule has 0 saturated carbocycles. The molecule has 1 aromatic rings. The van der Waals surface area contributed by atoms with Crippen molar-refractivity contribution < 1.29 is 9.15 Å². The molecule has 114 valence electrons. The summed E-state index contributed by atoms with van der Waals surface area (Å²) in [6.07, 6.45) is 3.34. The Morgan fingerprint density at radius 2 is 2.30 bits per heavy atom. The minimum atomic E-state index is 0.380. The van der Waals surface area contributed by atoms with Gasteiger partial charge in [-0.15, -0.1) is 0 Å². The SMILES string of the molecule is CCC1CN(Cc2cc(CNCC(C)C)co2)CCO1. The minimum Gasteiger partial charge on any atom is -0.468 e. The topological polar surface area (TPSA) is 37.6 Å². The first kappa shape index (κ1) is 15.5. The monoisotopic (exact) mass is 280 g/mol. The molecule has 0 aliphatic carbocycles. The lowest BCUT2D eigenvalue weighted by molar-refractivity contribution is -0.0341. The van der Waals surface area contributed by atoms with Crippen molar-refractivity contribution in [3.63, 3.8) is 0 Å². The number of nitrogens with zero attached hydrogens (tertiary/aromatic N) is 1. The van der Waals surface area contributed by atoms with Crippen LogP contribution in [0.15, 0.2) is 16.7 Å². The van der Waals surface area contributed by atoms with Crippen LogP contribution in [0, 0.1) is 5.92 Å². The first-order valence-corrected chi connectivity index (χ1v) is 7.78. The highest BCUT2D eigenvalue weighted by Gasteiger charge is 2.19. The smallest absolute Gasteiger partial charge is 0.118 e. The van der Waals surface area contributed by atoms with Crippen molar-refractivity contribution in [2.75, 3.05) is 26.2 Å². The van der Waals surface area contributed by atoms with Crippen LogP contribution in [0.25, 0.3) is 0 Å². The molecular weight excluding hydrogens is 252 g/mol. The molecule has 1 fully saturated rings. The van der Waals surface area contributed by atoms with Crippen molar-refractivity contribution in [1.82, 2.24) is 10.2 Å². The van der Waals surface area contributed by atoms with Crippen LogP contribution in [0.4, 0.5) is 0 Å². The Bertz CT molecular complexity index is 390. The van der Waals surface area contributed by atoms with Gasteiger partial charge in [0.1, 0.15) is 5.76 Å². The number of rotatable bonds is 7. The lowest BCUT2D eigenvalue weighted by Crippen LogP contribution is -2.41. The summed E-state index contributed by atoms with van der Waals surface area (Å²) in [5.74, 6) is 1.74. The Balaban J connectivity index is 1.77. The molecule has 1 aliphatic heterocycles. The maximum atomic E-state index is 5.69. The number of furan rings is 1. The summed E-state index contributed by atoms with van der Waals surface area (Å²) in [7, 11) is 0. The van der Waals surface area contributed by atoms with Gasteiger partial charge in [0.15, 0.2) is 0 Å². The van der Waals surface area contributed by atoms with Gasteiger partial charge in [-0.25, -0.2) is 0 Å². The molecule has 0 bridgehead atoms. The predicted octanol–water partition coefficient (Wildman–Crippen LogP) is 2.64. The summed E-state index contributed by atoms with van der Waals surface area (Å²) in [6.45, 7) is 12.3. The fraction of sp³-hybridized carbons (Fsp3) is 0.750. The predicted molar refractivity (Wildman–Crippen MR) is 80.6 cm³/mol. The van der Waals surface area contributed by atoms with E-state index >= 15 is 0 Å². The Kier molecular flexibility index (Phi) is 6.07. The Morgan fingerprint density at radius 1 is 1.45 bits per heavy atom. The van der Waals surface area contributed by atoms with Gasteiger partial charge < -0.3 is 14.5 Å². The molecule has 1 aromatic heterocycles. The van der Waals surface area contributed by atoms with Gasteiger partial charge in [0.25, 0.3) is 0 Å². The second-order valence-corrected chi connectivity index (χ2v) is 6.08. The van der Waals surface area contributed by atoms with Crippen molar-refractivity contribution in [2.24, 2.45) is 5.92 Å². The summed E-state index contributed by atoms with van der Waals surface area (Å²) < 4.78 is 11.4. The van der Waals surface area contributed by atoms with Crippen molar-refractivity contribution in [3.8, 4) is 0 Å². The van der Waals surface area contributed by atoms with Gasteiger partial charge in [0, 0.05) is 25.2 Å². The van der Waals surface area contributed by atoms with Crippen LogP contribution in [-0.4, -0.2) is 37.2 Å². The number of morpholine rings is 1. The maximum Gasteiger partial charge on any atom is 0.118 e. The Hall–Kier alpha value is -0.840. The molecular formula is C16H28N2O2. The van der Waals surface area contributed by atoms with E-state index in [-0.39, 0.29) is 0 Å². The molecule has 0 amide bonds. The second kappa shape index (κ2) is 7.81. The standard InChI is InChI=1S/C16H28N2O2/c1-4-15-10-18(5-6-19-15)11-16-7-14(12-20-16)9-17-8-13(2)3/h7,12-13,15,17H,4-6,8-11H2,1-3H3. The van der Waals surface area contributed by atoms with Crippen LogP contribution in [0.2, 0.25) is 0 Å². The molecule has 0 spiro atoms. The minimum absolute atomic E-state index is 0.380. The van der Waals surface area contributed by atoms with Crippen LogP contribution < -0.4 is 5.32 Å². The van der Waals surface area contributed by atoms with Crippen LogP contribution in [0.3, 0.4) is 0 Å². The normalized spacial score (nSPS) is 20.7. The summed E-state index contributed by atoms with van der Waals surface area (Å²) in [6, 6.07) is 2.17. The van der Waals surface area contributed by atoms with E-state index in [1.807, 2.05) is 6.26 Å². The number of hydrogen-bond donors (Lipinski definition) is 1. The lowest BCUT2D eigenvalue weighted by Gasteiger charge is -2.31. The fourth-order valence-electron chi connectivity index (χ4n) is 2.50. The molecule has 2 rings (SSSR count). The Morgan fingerprint density at radius 3 is 3.05 bits per heavy atom. The molecule has 2 heterocycles. The summed E-state index contributed by atoms with van der Waals surface area (Å²) >= 11 is 0. The zero-order valence-electron chi connectivity index (χ0n) is 13.0. The van der Waals surface area contributed by atoms with Gasteiger partial charge >= 0.3 is 0 Å². The third-order valence-electron chi connectivity index (χ3n) is 3.65. The summed E-state index contributed by atoms with van der Waals surface area (Å²) in [5.41, 5.74) is 1.24. The molecule has 1 N–H and O–H groups in total. The third kappa shape index (κ3) is 4.93. The highest BCUT2D eigenvalue weighted by Crippen LogP contribution is 2.14.